The highest BCUT2D eigenvalue weighted by molar-refractivity contribution is 9.10. The molecule has 80 valence electrons. The van der Waals surface area contributed by atoms with Gasteiger partial charge in [-0.3, -0.25) is 9.78 Å². The van der Waals surface area contributed by atoms with Crippen molar-refractivity contribution in [3.05, 3.63) is 28.0 Å². The SMILES string of the molecule is O=COCCc1nc(C2CC2)ccc1Br. The van der Waals surface area contributed by atoms with Gasteiger partial charge in [-0.25, -0.2) is 0 Å². The monoisotopic (exact) mass is 269 g/mol. The van der Waals surface area contributed by atoms with Crippen molar-refractivity contribution < 1.29 is 9.53 Å². The molecule has 0 spiro atoms. The summed E-state index contributed by atoms with van der Waals surface area (Å²) in [6, 6.07) is 4.09. The van der Waals surface area contributed by atoms with Crippen LogP contribution in [0.5, 0.6) is 0 Å². The predicted octanol–water partition coefficient (Wildman–Crippen LogP) is 2.44. The minimum atomic E-state index is 0.392. The average Bonchev–Trinajstić information content (AvgIpc) is 3.05. The van der Waals surface area contributed by atoms with Crippen LogP contribution in [0.2, 0.25) is 0 Å². The highest BCUT2D eigenvalue weighted by Crippen LogP contribution is 2.39. The van der Waals surface area contributed by atoms with E-state index >= 15 is 0 Å². The standard InChI is InChI=1S/C11H12BrNO2/c12-9-3-4-10(8-1-2-8)13-11(9)5-6-15-7-14/h3-4,7-8H,1-2,5-6H2. The van der Waals surface area contributed by atoms with Gasteiger partial charge in [-0.1, -0.05) is 0 Å². The molecule has 0 atom stereocenters. The molecule has 0 aromatic carbocycles. The number of carbonyl (C=O) groups is 1. The molecule has 1 aromatic rings. The average molecular weight is 270 g/mol. The lowest BCUT2D eigenvalue weighted by Crippen LogP contribution is -2.01. The maximum Gasteiger partial charge on any atom is 0.293 e. The molecule has 0 radical (unpaired) electrons. The van der Waals surface area contributed by atoms with Crippen LogP contribution in [-0.4, -0.2) is 18.1 Å². The van der Waals surface area contributed by atoms with Gasteiger partial charge in [0.1, 0.15) is 0 Å². The van der Waals surface area contributed by atoms with Crippen LogP contribution >= 0.6 is 15.9 Å². The molecule has 0 aliphatic heterocycles. The van der Waals surface area contributed by atoms with Gasteiger partial charge in [0, 0.05) is 22.5 Å². The molecule has 1 heterocycles. The number of hydrogen-bond donors (Lipinski definition) is 0. The van der Waals surface area contributed by atoms with Gasteiger partial charge < -0.3 is 4.74 Å². The van der Waals surface area contributed by atoms with Crippen molar-refractivity contribution in [2.24, 2.45) is 0 Å². The van der Waals surface area contributed by atoms with E-state index in [1.165, 1.54) is 18.5 Å². The Hall–Kier alpha value is -0.900. The summed E-state index contributed by atoms with van der Waals surface area (Å²) in [6.07, 6.45) is 3.16. The van der Waals surface area contributed by atoms with Crippen LogP contribution in [0.1, 0.15) is 30.1 Å². The Bertz CT molecular complexity index is 364. The highest BCUT2D eigenvalue weighted by atomic mass is 79.9. The van der Waals surface area contributed by atoms with E-state index in [4.69, 9.17) is 0 Å². The second-order valence-electron chi connectivity index (χ2n) is 3.66. The molecule has 0 unspecified atom stereocenters. The first-order chi connectivity index (χ1) is 7.31. The molecule has 15 heavy (non-hydrogen) atoms. The zero-order valence-electron chi connectivity index (χ0n) is 8.28. The van der Waals surface area contributed by atoms with Crippen molar-refractivity contribution in [2.45, 2.75) is 25.2 Å². The zero-order chi connectivity index (χ0) is 10.7. The van der Waals surface area contributed by atoms with E-state index in [1.54, 1.807) is 0 Å². The van der Waals surface area contributed by atoms with Gasteiger partial charge in [-0.05, 0) is 40.9 Å². The Kier molecular flexibility index (Phi) is 3.36. The van der Waals surface area contributed by atoms with E-state index in [9.17, 15) is 4.79 Å². The summed E-state index contributed by atoms with van der Waals surface area (Å²) in [6.45, 7) is 0.863. The molecule has 1 fully saturated rings. The topological polar surface area (TPSA) is 39.2 Å². The molecule has 2 rings (SSSR count). The summed E-state index contributed by atoms with van der Waals surface area (Å²) in [7, 11) is 0. The molecule has 1 saturated carbocycles. The van der Waals surface area contributed by atoms with Crippen LogP contribution in [0, 0.1) is 0 Å². The van der Waals surface area contributed by atoms with E-state index in [-0.39, 0.29) is 0 Å². The Morgan fingerprint density at radius 2 is 2.33 bits per heavy atom. The number of hydrogen-bond acceptors (Lipinski definition) is 3. The quantitative estimate of drug-likeness (QED) is 0.609. The van der Waals surface area contributed by atoms with Gasteiger partial charge in [-0.15, -0.1) is 0 Å². The summed E-state index contributed by atoms with van der Waals surface area (Å²) < 4.78 is 5.65. The molecule has 0 amide bonds. The van der Waals surface area contributed by atoms with E-state index in [0.717, 1.165) is 10.2 Å². The fraction of sp³-hybridized carbons (Fsp3) is 0.455. The molecular weight excluding hydrogens is 258 g/mol. The number of nitrogens with zero attached hydrogens (tertiary/aromatic N) is 1. The van der Waals surface area contributed by atoms with E-state index < -0.39 is 0 Å². The Balaban J connectivity index is 2.06. The second kappa shape index (κ2) is 4.75. The van der Waals surface area contributed by atoms with Gasteiger partial charge in [0.25, 0.3) is 6.47 Å². The third-order valence-electron chi connectivity index (χ3n) is 2.46. The Morgan fingerprint density at radius 3 is 3.00 bits per heavy atom. The molecule has 0 bridgehead atoms. The molecule has 1 aliphatic carbocycles. The number of rotatable bonds is 5. The lowest BCUT2D eigenvalue weighted by atomic mass is 10.2. The Labute approximate surface area is 97.0 Å². The van der Waals surface area contributed by atoms with Gasteiger partial charge >= 0.3 is 0 Å². The molecule has 1 aliphatic rings. The Morgan fingerprint density at radius 1 is 1.53 bits per heavy atom. The van der Waals surface area contributed by atoms with E-state index in [0.29, 0.717) is 25.4 Å². The van der Waals surface area contributed by atoms with Crippen molar-refractivity contribution in [1.82, 2.24) is 4.98 Å². The van der Waals surface area contributed by atoms with Gasteiger partial charge in [0.15, 0.2) is 0 Å². The first-order valence-corrected chi connectivity index (χ1v) is 5.81. The van der Waals surface area contributed by atoms with Crippen molar-refractivity contribution in [1.29, 1.82) is 0 Å². The second-order valence-corrected chi connectivity index (χ2v) is 4.51. The van der Waals surface area contributed by atoms with Crippen LogP contribution in [-0.2, 0) is 16.0 Å². The normalized spacial score (nSPS) is 15.0. The maximum atomic E-state index is 10.0. The van der Waals surface area contributed by atoms with Crippen molar-refractivity contribution >= 4 is 22.4 Å². The van der Waals surface area contributed by atoms with Crippen LogP contribution in [0.15, 0.2) is 16.6 Å². The summed E-state index contributed by atoms with van der Waals surface area (Å²) >= 11 is 3.45. The molecular formula is C11H12BrNO2. The molecule has 1 aromatic heterocycles. The van der Waals surface area contributed by atoms with Gasteiger partial charge in [0.05, 0.1) is 12.3 Å². The number of carbonyl (C=O) groups excluding carboxylic acids is 1. The first kappa shape index (κ1) is 10.6. The molecule has 0 saturated heterocycles. The minimum absolute atomic E-state index is 0.392. The lowest BCUT2D eigenvalue weighted by molar-refractivity contribution is -0.128. The van der Waals surface area contributed by atoms with Crippen LogP contribution in [0.3, 0.4) is 0 Å². The first-order valence-electron chi connectivity index (χ1n) is 5.02. The van der Waals surface area contributed by atoms with Crippen molar-refractivity contribution in [2.75, 3.05) is 6.61 Å². The number of pyridine rings is 1. The minimum Gasteiger partial charge on any atom is -0.467 e. The third kappa shape index (κ3) is 2.78. The maximum absolute atomic E-state index is 10.0. The largest absolute Gasteiger partial charge is 0.467 e. The summed E-state index contributed by atoms with van der Waals surface area (Å²) in [5.41, 5.74) is 2.14. The fourth-order valence-corrected chi connectivity index (χ4v) is 1.91. The van der Waals surface area contributed by atoms with Crippen molar-refractivity contribution in [3.8, 4) is 0 Å². The van der Waals surface area contributed by atoms with E-state index in [1.807, 2.05) is 6.07 Å². The van der Waals surface area contributed by atoms with Crippen LogP contribution < -0.4 is 0 Å². The summed E-state index contributed by atoms with van der Waals surface area (Å²) in [5, 5.41) is 0. The van der Waals surface area contributed by atoms with Crippen molar-refractivity contribution in [3.63, 3.8) is 0 Å². The third-order valence-corrected chi connectivity index (χ3v) is 3.18. The number of aromatic nitrogens is 1. The number of ether oxygens (including phenoxy) is 1. The lowest BCUT2D eigenvalue weighted by Gasteiger charge is -2.05. The fourth-order valence-electron chi connectivity index (χ4n) is 1.49. The number of halogens is 1. The van der Waals surface area contributed by atoms with E-state index in [2.05, 4.69) is 31.7 Å². The predicted molar refractivity (Wildman–Crippen MR) is 59.6 cm³/mol. The molecule has 0 N–H and O–H groups in total. The molecule has 3 nitrogen and oxygen atoms in total. The van der Waals surface area contributed by atoms with Gasteiger partial charge in [-0.2, -0.15) is 0 Å². The van der Waals surface area contributed by atoms with Crippen LogP contribution in [0.4, 0.5) is 0 Å². The van der Waals surface area contributed by atoms with Crippen LogP contribution in [0.25, 0.3) is 0 Å². The molecule has 4 heteroatoms. The summed E-state index contributed by atoms with van der Waals surface area (Å²) in [5.74, 6) is 0.656. The van der Waals surface area contributed by atoms with Gasteiger partial charge in [0.2, 0.25) is 0 Å². The summed E-state index contributed by atoms with van der Waals surface area (Å²) in [4.78, 5) is 14.6. The smallest absolute Gasteiger partial charge is 0.293 e. The zero-order valence-corrected chi connectivity index (χ0v) is 9.87. The highest BCUT2D eigenvalue weighted by Gasteiger charge is 2.25.